The van der Waals surface area contributed by atoms with Crippen LogP contribution in [0.3, 0.4) is 0 Å². The Morgan fingerprint density at radius 2 is 2.00 bits per heavy atom. The highest BCUT2D eigenvalue weighted by Crippen LogP contribution is 2.39. The fraction of sp³-hybridized carbons (Fsp3) is 0.571. The molecule has 0 amide bonds. The van der Waals surface area contributed by atoms with Gasteiger partial charge in [0.15, 0.2) is 15.6 Å². The molecule has 0 fully saturated rings. The molecule has 0 heterocycles. The first-order chi connectivity index (χ1) is 9.65. The Hall–Kier alpha value is -1.08. The van der Waals surface area contributed by atoms with E-state index < -0.39 is 27.9 Å². The predicted molar refractivity (Wildman–Crippen MR) is 71.8 cm³/mol. The molecule has 2 rings (SSSR count). The highest BCUT2D eigenvalue weighted by molar-refractivity contribution is 7.91. The lowest BCUT2D eigenvalue weighted by atomic mass is 9.99. The summed E-state index contributed by atoms with van der Waals surface area (Å²) in [5, 5.41) is 9.97. The smallest absolute Gasteiger partial charge is 0.388 e. The van der Waals surface area contributed by atoms with E-state index in [4.69, 9.17) is 0 Å². The van der Waals surface area contributed by atoms with Crippen molar-refractivity contribution in [3.63, 3.8) is 0 Å². The molecule has 0 aromatic heterocycles. The van der Waals surface area contributed by atoms with Crippen molar-refractivity contribution < 1.29 is 26.7 Å². The van der Waals surface area contributed by atoms with Gasteiger partial charge in [0.05, 0.1) is 11.0 Å². The number of aliphatic hydroxyl groups excluding tert-OH is 1. The summed E-state index contributed by atoms with van der Waals surface area (Å²) >= 11 is 0. The van der Waals surface area contributed by atoms with Crippen molar-refractivity contribution in [2.75, 3.05) is 5.75 Å². The largest absolute Gasteiger partial charge is 0.403 e. The van der Waals surface area contributed by atoms with Crippen LogP contribution in [-0.2, 0) is 22.7 Å². The van der Waals surface area contributed by atoms with Crippen LogP contribution in [0.4, 0.5) is 13.2 Å². The standard InChI is InChI=1S/C14H17F3O3S/c1-2-3-9-4-7-12(13-10(9)5-6-11(13)18)21(19,20)8-14(15,16)17/h4,7,11,18H,2-3,5-6,8H2,1H3. The summed E-state index contributed by atoms with van der Waals surface area (Å²) in [6.07, 6.45) is -3.38. The third-order valence-corrected chi connectivity index (χ3v) is 5.36. The maximum absolute atomic E-state index is 12.4. The second-order valence-electron chi connectivity index (χ2n) is 5.29. The number of hydrogen-bond acceptors (Lipinski definition) is 3. The number of alkyl halides is 3. The van der Waals surface area contributed by atoms with Crippen LogP contribution in [0.2, 0.25) is 0 Å². The third kappa shape index (κ3) is 3.40. The van der Waals surface area contributed by atoms with E-state index in [9.17, 15) is 26.7 Å². The lowest BCUT2D eigenvalue weighted by molar-refractivity contribution is -0.106. The average molecular weight is 322 g/mol. The highest BCUT2D eigenvalue weighted by atomic mass is 32.2. The molecular weight excluding hydrogens is 305 g/mol. The number of rotatable bonds is 4. The van der Waals surface area contributed by atoms with Gasteiger partial charge in [-0.25, -0.2) is 8.42 Å². The minimum absolute atomic E-state index is 0.171. The monoisotopic (exact) mass is 322 g/mol. The summed E-state index contributed by atoms with van der Waals surface area (Å²) in [5.41, 5.74) is 1.79. The lowest BCUT2D eigenvalue weighted by Crippen LogP contribution is -2.24. The van der Waals surface area contributed by atoms with Gasteiger partial charge < -0.3 is 5.11 Å². The van der Waals surface area contributed by atoms with Crippen molar-refractivity contribution in [3.05, 3.63) is 28.8 Å². The molecule has 1 aliphatic rings. The normalized spacial score (nSPS) is 18.8. The summed E-state index contributed by atoms with van der Waals surface area (Å²) in [6.45, 7) is 1.96. The van der Waals surface area contributed by atoms with Crippen LogP contribution in [0.1, 0.15) is 42.6 Å². The van der Waals surface area contributed by atoms with E-state index in [0.717, 1.165) is 12.0 Å². The van der Waals surface area contributed by atoms with E-state index in [2.05, 4.69) is 0 Å². The SMILES string of the molecule is CCCc1ccc(S(=O)(=O)CC(F)(F)F)c2c1CCC2O. The van der Waals surface area contributed by atoms with E-state index in [0.29, 0.717) is 24.8 Å². The zero-order valence-corrected chi connectivity index (χ0v) is 12.4. The van der Waals surface area contributed by atoms with Crippen molar-refractivity contribution in [1.29, 1.82) is 0 Å². The molecule has 0 spiro atoms. The predicted octanol–water partition coefficient (Wildman–Crippen LogP) is 2.95. The minimum Gasteiger partial charge on any atom is -0.388 e. The van der Waals surface area contributed by atoms with Gasteiger partial charge in [-0.05, 0) is 36.5 Å². The maximum atomic E-state index is 12.4. The second-order valence-corrected chi connectivity index (χ2v) is 7.25. The fourth-order valence-corrected chi connectivity index (χ4v) is 4.30. The van der Waals surface area contributed by atoms with Crippen LogP contribution in [0.15, 0.2) is 17.0 Å². The first-order valence-electron chi connectivity index (χ1n) is 6.78. The number of aliphatic hydroxyl groups is 1. The molecule has 1 aromatic carbocycles. The first kappa shape index (κ1) is 16.3. The van der Waals surface area contributed by atoms with Crippen LogP contribution >= 0.6 is 0 Å². The summed E-state index contributed by atoms with van der Waals surface area (Å²) in [7, 11) is -4.49. The maximum Gasteiger partial charge on any atom is 0.403 e. The van der Waals surface area contributed by atoms with Gasteiger partial charge in [0.1, 0.15) is 0 Å². The Balaban J connectivity index is 2.54. The lowest BCUT2D eigenvalue weighted by Gasteiger charge is -2.16. The van der Waals surface area contributed by atoms with Crippen LogP contribution < -0.4 is 0 Å². The van der Waals surface area contributed by atoms with Crippen molar-refractivity contribution in [2.45, 2.75) is 49.8 Å². The number of hydrogen-bond donors (Lipinski definition) is 1. The molecule has 0 bridgehead atoms. The Morgan fingerprint density at radius 3 is 2.57 bits per heavy atom. The van der Waals surface area contributed by atoms with Crippen LogP contribution in [0.25, 0.3) is 0 Å². The Bertz CT molecular complexity index is 636. The quantitative estimate of drug-likeness (QED) is 0.927. The van der Waals surface area contributed by atoms with E-state index in [1.54, 1.807) is 6.07 Å². The molecule has 3 nitrogen and oxygen atoms in total. The molecular formula is C14H17F3O3S. The molecule has 1 N–H and O–H groups in total. The molecule has 1 aromatic rings. The van der Waals surface area contributed by atoms with Crippen molar-refractivity contribution in [3.8, 4) is 0 Å². The molecule has 21 heavy (non-hydrogen) atoms. The van der Waals surface area contributed by atoms with Crippen molar-refractivity contribution in [2.24, 2.45) is 0 Å². The zero-order chi connectivity index (χ0) is 15.8. The van der Waals surface area contributed by atoms with Crippen molar-refractivity contribution >= 4 is 9.84 Å². The van der Waals surface area contributed by atoms with Gasteiger partial charge in [-0.1, -0.05) is 19.4 Å². The number of sulfone groups is 1. The topological polar surface area (TPSA) is 54.4 Å². The van der Waals surface area contributed by atoms with Crippen LogP contribution in [0.5, 0.6) is 0 Å². The molecule has 7 heteroatoms. The van der Waals surface area contributed by atoms with Gasteiger partial charge >= 0.3 is 6.18 Å². The van der Waals surface area contributed by atoms with E-state index >= 15 is 0 Å². The van der Waals surface area contributed by atoms with Gasteiger partial charge in [-0.2, -0.15) is 13.2 Å². The first-order valence-corrected chi connectivity index (χ1v) is 8.43. The third-order valence-electron chi connectivity index (χ3n) is 3.62. The minimum atomic E-state index is -4.79. The van der Waals surface area contributed by atoms with Gasteiger partial charge in [-0.15, -0.1) is 0 Å². The summed E-state index contributed by atoms with van der Waals surface area (Å²) in [4.78, 5) is -0.375. The molecule has 118 valence electrons. The van der Waals surface area contributed by atoms with Crippen LogP contribution in [0, 0.1) is 0 Å². The number of halogens is 3. The summed E-state index contributed by atoms with van der Waals surface area (Å²) < 4.78 is 61.3. The van der Waals surface area contributed by atoms with Crippen LogP contribution in [-0.4, -0.2) is 25.5 Å². The molecule has 0 aliphatic heterocycles. The summed E-state index contributed by atoms with van der Waals surface area (Å²) in [5.74, 6) is -1.90. The Kier molecular flexibility index (Phi) is 4.35. The Labute approximate surface area is 121 Å². The summed E-state index contributed by atoms with van der Waals surface area (Å²) in [6, 6.07) is 2.78. The average Bonchev–Trinajstić information content (AvgIpc) is 2.70. The van der Waals surface area contributed by atoms with E-state index in [1.165, 1.54) is 6.07 Å². The highest BCUT2D eigenvalue weighted by Gasteiger charge is 2.39. The second kappa shape index (κ2) is 5.61. The molecule has 0 saturated carbocycles. The van der Waals surface area contributed by atoms with Gasteiger partial charge in [0, 0.05) is 5.56 Å². The fourth-order valence-electron chi connectivity index (χ4n) is 2.84. The van der Waals surface area contributed by atoms with Gasteiger partial charge in [0.2, 0.25) is 0 Å². The molecule has 0 radical (unpaired) electrons. The molecule has 0 saturated heterocycles. The molecule has 1 aliphatic carbocycles. The van der Waals surface area contributed by atoms with Gasteiger partial charge in [-0.3, -0.25) is 0 Å². The van der Waals surface area contributed by atoms with E-state index in [-0.39, 0.29) is 10.5 Å². The van der Waals surface area contributed by atoms with Crippen molar-refractivity contribution in [1.82, 2.24) is 0 Å². The van der Waals surface area contributed by atoms with Gasteiger partial charge in [0.25, 0.3) is 0 Å². The number of aryl methyl sites for hydroxylation is 1. The number of fused-ring (bicyclic) bond motifs is 1. The molecule has 1 atom stereocenters. The molecule has 1 unspecified atom stereocenters. The Morgan fingerprint density at radius 1 is 1.33 bits per heavy atom. The number of benzene rings is 1. The van der Waals surface area contributed by atoms with E-state index in [1.807, 2.05) is 6.92 Å². The zero-order valence-electron chi connectivity index (χ0n) is 11.6.